The van der Waals surface area contributed by atoms with E-state index >= 15 is 0 Å². The molecule has 2 heterocycles. The molecule has 4 nitrogen and oxygen atoms in total. The van der Waals surface area contributed by atoms with Gasteiger partial charge in [-0.15, -0.1) is 0 Å². The minimum atomic E-state index is 0.142. The first-order valence-electron chi connectivity index (χ1n) is 7.74. The van der Waals surface area contributed by atoms with Gasteiger partial charge in [0.2, 0.25) is 0 Å². The summed E-state index contributed by atoms with van der Waals surface area (Å²) in [6.07, 6.45) is 6.90. The molecule has 3 rings (SSSR count). The topological polar surface area (TPSA) is 34.6 Å². The highest BCUT2D eigenvalue weighted by molar-refractivity contribution is 5.19. The first-order valence-corrected chi connectivity index (χ1v) is 7.74. The van der Waals surface area contributed by atoms with E-state index in [2.05, 4.69) is 16.0 Å². The Bertz CT molecular complexity index is 427. The quantitative estimate of drug-likeness (QED) is 0.846. The molecule has 0 aromatic carbocycles. The van der Waals surface area contributed by atoms with Gasteiger partial charge in [-0.25, -0.2) is 0 Å². The van der Waals surface area contributed by atoms with Gasteiger partial charge in [-0.1, -0.05) is 12.8 Å². The van der Waals surface area contributed by atoms with E-state index in [1.54, 1.807) is 0 Å². The van der Waals surface area contributed by atoms with Crippen LogP contribution < -0.4 is 4.74 Å². The number of morpholine rings is 1. The van der Waals surface area contributed by atoms with Gasteiger partial charge in [0, 0.05) is 19.6 Å². The highest BCUT2D eigenvalue weighted by Crippen LogP contribution is 2.36. The van der Waals surface area contributed by atoms with Crippen LogP contribution >= 0.6 is 0 Å². The van der Waals surface area contributed by atoms with Crippen LogP contribution in [-0.2, 0) is 11.3 Å². The maximum absolute atomic E-state index is 6.06. The minimum absolute atomic E-state index is 0.142. The molecule has 0 atom stereocenters. The predicted molar refractivity (Wildman–Crippen MR) is 77.8 cm³/mol. The fourth-order valence-corrected chi connectivity index (χ4v) is 3.37. The molecule has 4 heteroatoms. The third-order valence-electron chi connectivity index (χ3n) is 4.34. The average molecular weight is 276 g/mol. The number of hydrogen-bond acceptors (Lipinski definition) is 4. The lowest BCUT2D eigenvalue weighted by atomic mass is 9.99. The van der Waals surface area contributed by atoms with Gasteiger partial charge in [-0.2, -0.15) is 0 Å². The molecule has 1 saturated carbocycles. The maximum atomic E-state index is 6.06. The van der Waals surface area contributed by atoms with Gasteiger partial charge in [-0.05, 0) is 31.9 Å². The molecule has 1 aliphatic heterocycles. The van der Waals surface area contributed by atoms with Crippen LogP contribution in [0.3, 0.4) is 0 Å². The fraction of sp³-hybridized carbons (Fsp3) is 0.688. The molecule has 2 aliphatic rings. The normalized spacial score (nSPS) is 22.2. The summed E-state index contributed by atoms with van der Waals surface area (Å²) in [7, 11) is 0. The van der Waals surface area contributed by atoms with Crippen molar-refractivity contribution in [3.63, 3.8) is 0 Å². The standard InChI is InChI=1S/C16H24N2O2/c1-2-19-15-6-5-14(17-11-15)12-18-9-10-20-16(13-18)7-3-4-8-16/h5-6,11H,2-4,7-10,12-13H2,1H3. The summed E-state index contributed by atoms with van der Waals surface area (Å²) < 4.78 is 11.5. The largest absolute Gasteiger partial charge is 0.492 e. The minimum Gasteiger partial charge on any atom is -0.492 e. The van der Waals surface area contributed by atoms with Gasteiger partial charge >= 0.3 is 0 Å². The second-order valence-corrected chi connectivity index (χ2v) is 5.87. The van der Waals surface area contributed by atoms with Crippen molar-refractivity contribution in [2.24, 2.45) is 0 Å². The Morgan fingerprint density at radius 1 is 1.35 bits per heavy atom. The van der Waals surface area contributed by atoms with Crippen molar-refractivity contribution in [3.05, 3.63) is 24.0 Å². The van der Waals surface area contributed by atoms with Gasteiger partial charge in [0.15, 0.2) is 0 Å². The smallest absolute Gasteiger partial charge is 0.137 e. The first-order chi connectivity index (χ1) is 9.80. The highest BCUT2D eigenvalue weighted by Gasteiger charge is 2.39. The van der Waals surface area contributed by atoms with Crippen LogP contribution in [0.5, 0.6) is 5.75 Å². The van der Waals surface area contributed by atoms with Crippen molar-refractivity contribution < 1.29 is 9.47 Å². The van der Waals surface area contributed by atoms with Gasteiger partial charge in [0.05, 0.1) is 30.7 Å². The summed E-state index contributed by atoms with van der Waals surface area (Å²) in [4.78, 5) is 6.98. The predicted octanol–water partition coefficient (Wildman–Crippen LogP) is 2.63. The summed E-state index contributed by atoms with van der Waals surface area (Å²) in [5.74, 6) is 0.852. The molecule has 0 unspecified atom stereocenters. The summed E-state index contributed by atoms with van der Waals surface area (Å²) in [6, 6.07) is 4.08. The Labute approximate surface area is 121 Å². The van der Waals surface area contributed by atoms with Crippen molar-refractivity contribution in [1.29, 1.82) is 0 Å². The van der Waals surface area contributed by atoms with Crippen molar-refractivity contribution in [2.75, 3.05) is 26.3 Å². The van der Waals surface area contributed by atoms with Crippen molar-refractivity contribution in [1.82, 2.24) is 9.88 Å². The highest BCUT2D eigenvalue weighted by atomic mass is 16.5. The maximum Gasteiger partial charge on any atom is 0.137 e. The summed E-state index contributed by atoms with van der Waals surface area (Å²) in [5.41, 5.74) is 1.26. The van der Waals surface area contributed by atoms with Gasteiger partial charge in [-0.3, -0.25) is 9.88 Å². The summed E-state index contributed by atoms with van der Waals surface area (Å²) >= 11 is 0. The van der Waals surface area contributed by atoms with Crippen molar-refractivity contribution >= 4 is 0 Å². The number of hydrogen-bond donors (Lipinski definition) is 0. The molecule has 2 fully saturated rings. The fourth-order valence-electron chi connectivity index (χ4n) is 3.37. The molecular weight excluding hydrogens is 252 g/mol. The van der Waals surface area contributed by atoms with Gasteiger partial charge in [0.25, 0.3) is 0 Å². The van der Waals surface area contributed by atoms with E-state index in [-0.39, 0.29) is 5.60 Å². The zero-order chi connectivity index (χ0) is 13.8. The number of aromatic nitrogens is 1. The summed E-state index contributed by atoms with van der Waals surface area (Å²) in [5, 5.41) is 0. The molecule has 1 aromatic rings. The van der Waals surface area contributed by atoms with Crippen molar-refractivity contribution in [2.45, 2.75) is 44.8 Å². The lowest BCUT2D eigenvalue weighted by Gasteiger charge is -2.40. The van der Waals surface area contributed by atoms with Crippen LogP contribution in [0.15, 0.2) is 18.3 Å². The Kier molecular flexibility index (Phi) is 4.22. The monoisotopic (exact) mass is 276 g/mol. The van der Waals surface area contributed by atoms with Crippen LogP contribution in [0, 0.1) is 0 Å². The lowest BCUT2D eigenvalue weighted by Crippen LogP contribution is -2.49. The second-order valence-electron chi connectivity index (χ2n) is 5.87. The SMILES string of the molecule is CCOc1ccc(CN2CCOC3(CCCC3)C2)nc1. The molecule has 0 amide bonds. The Balaban J connectivity index is 1.59. The number of pyridine rings is 1. The van der Waals surface area contributed by atoms with Gasteiger partial charge in [0.1, 0.15) is 5.75 Å². The van der Waals surface area contributed by atoms with Crippen LogP contribution in [0.1, 0.15) is 38.3 Å². The summed E-state index contributed by atoms with van der Waals surface area (Å²) in [6.45, 7) is 6.52. The van der Waals surface area contributed by atoms with E-state index in [9.17, 15) is 0 Å². The van der Waals surface area contributed by atoms with Crippen LogP contribution in [-0.4, -0.2) is 41.8 Å². The van der Waals surface area contributed by atoms with E-state index in [1.807, 2.05) is 19.2 Å². The van der Waals surface area contributed by atoms with E-state index in [4.69, 9.17) is 9.47 Å². The molecule has 1 aromatic heterocycles. The Hall–Kier alpha value is -1.13. The van der Waals surface area contributed by atoms with Crippen LogP contribution in [0.4, 0.5) is 0 Å². The average Bonchev–Trinajstić information content (AvgIpc) is 2.89. The number of ether oxygens (including phenoxy) is 2. The first kappa shape index (κ1) is 13.8. The molecule has 110 valence electrons. The molecule has 1 spiro atoms. The molecule has 0 N–H and O–H groups in total. The van der Waals surface area contributed by atoms with Crippen molar-refractivity contribution in [3.8, 4) is 5.75 Å². The van der Waals surface area contributed by atoms with Gasteiger partial charge < -0.3 is 9.47 Å². The Morgan fingerprint density at radius 2 is 2.20 bits per heavy atom. The Morgan fingerprint density at radius 3 is 2.90 bits per heavy atom. The lowest BCUT2D eigenvalue weighted by molar-refractivity contribution is -0.107. The van der Waals surface area contributed by atoms with E-state index in [1.165, 1.54) is 25.7 Å². The third kappa shape index (κ3) is 3.13. The molecule has 0 bridgehead atoms. The molecule has 0 radical (unpaired) electrons. The van der Waals surface area contributed by atoms with Crippen LogP contribution in [0.25, 0.3) is 0 Å². The number of rotatable bonds is 4. The van der Waals surface area contributed by atoms with Crippen LogP contribution in [0.2, 0.25) is 0 Å². The zero-order valence-electron chi connectivity index (χ0n) is 12.3. The molecule has 20 heavy (non-hydrogen) atoms. The van der Waals surface area contributed by atoms with E-state index in [0.29, 0.717) is 6.61 Å². The number of nitrogens with zero attached hydrogens (tertiary/aromatic N) is 2. The third-order valence-corrected chi connectivity index (χ3v) is 4.34. The zero-order valence-corrected chi connectivity index (χ0v) is 12.3. The van der Waals surface area contributed by atoms with E-state index < -0.39 is 0 Å². The molecule has 1 saturated heterocycles. The van der Waals surface area contributed by atoms with E-state index in [0.717, 1.165) is 37.7 Å². The molecular formula is C16H24N2O2. The molecule has 1 aliphatic carbocycles. The second kappa shape index (κ2) is 6.10.